The van der Waals surface area contributed by atoms with E-state index in [0.29, 0.717) is 5.56 Å². The first kappa shape index (κ1) is 18.6. The molecule has 2 aromatic carbocycles. The highest BCUT2D eigenvalue weighted by molar-refractivity contribution is 9.10. The first-order valence-corrected chi connectivity index (χ1v) is 8.04. The van der Waals surface area contributed by atoms with Gasteiger partial charge in [-0.3, -0.25) is 9.59 Å². The Morgan fingerprint density at radius 2 is 1.96 bits per heavy atom. The molecule has 3 N–H and O–H groups in total. The smallest absolute Gasteiger partial charge is 0.252 e. The van der Waals surface area contributed by atoms with Crippen molar-refractivity contribution in [3.8, 4) is 5.75 Å². The molecule has 0 bridgehead atoms. The second-order valence-electron chi connectivity index (χ2n) is 5.13. The first-order chi connectivity index (χ1) is 11.9. The number of phenols is 1. The minimum absolute atomic E-state index is 0.00490. The fourth-order valence-corrected chi connectivity index (χ4v) is 2.19. The van der Waals surface area contributed by atoms with Crippen molar-refractivity contribution < 1.29 is 19.1 Å². The molecule has 2 amide bonds. The van der Waals surface area contributed by atoms with Gasteiger partial charge in [-0.05, 0) is 37.3 Å². The molecule has 0 radical (unpaired) electrons. The molecule has 2 aromatic rings. The Labute approximate surface area is 151 Å². The third-order valence-corrected chi connectivity index (χ3v) is 3.78. The lowest BCUT2D eigenvalue weighted by atomic mass is 10.1. The summed E-state index contributed by atoms with van der Waals surface area (Å²) in [4.78, 5) is 24.0. The van der Waals surface area contributed by atoms with Crippen molar-refractivity contribution in [3.63, 3.8) is 0 Å². The average molecular weight is 408 g/mol. The van der Waals surface area contributed by atoms with E-state index in [4.69, 9.17) is 0 Å². The molecule has 8 heteroatoms. The molecule has 6 nitrogen and oxygen atoms in total. The summed E-state index contributed by atoms with van der Waals surface area (Å²) in [5, 5.41) is 15.7. The number of anilines is 1. The van der Waals surface area contributed by atoms with E-state index in [-0.39, 0.29) is 11.4 Å². The van der Waals surface area contributed by atoms with Crippen molar-refractivity contribution in [3.05, 3.63) is 58.3 Å². The van der Waals surface area contributed by atoms with Crippen molar-refractivity contribution in [1.82, 2.24) is 5.43 Å². The summed E-state index contributed by atoms with van der Waals surface area (Å²) in [5.41, 5.74) is 2.59. The van der Waals surface area contributed by atoms with Crippen LogP contribution < -0.4 is 10.7 Å². The van der Waals surface area contributed by atoms with Crippen LogP contribution in [0.25, 0.3) is 0 Å². The fraction of sp³-hybridized carbons (Fsp3) is 0.118. The van der Waals surface area contributed by atoms with Crippen LogP contribution in [0.15, 0.2) is 52.0 Å². The number of benzene rings is 2. The van der Waals surface area contributed by atoms with Crippen molar-refractivity contribution in [2.75, 3.05) is 5.32 Å². The van der Waals surface area contributed by atoms with Gasteiger partial charge in [0.2, 0.25) is 5.91 Å². The number of hydrogen-bond acceptors (Lipinski definition) is 4. The molecule has 0 aromatic heterocycles. The van der Waals surface area contributed by atoms with Crippen LogP contribution in [0.3, 0.4) is 0 Å². The van der Waals surface area contributed by atoms with Crippen LogP contribution >= 0.6 is 15.9 Å². The fourth-order valence-electron chi connectivity index (χ4n) is 1.81. The summed E-state index contributed by atoms with van der Waals surface area (Å²) in [6, 6.07) is 10.4. The number of hydrogen-bond donors (Lipinski definition) is 3. The predicted molar refractivity (Wildman–Crippen MR) is 95.7 cm³/mol. The number of halogens is 2. The third kappa shape index (κ3) is 5.12. The number of nitrogens with zero attached hydrogens (tertiary/aromatic N) is 1. The zero-order valence-corrected chi connectivity index (χ0v) is 14.7. The van der Waals surface area contributed by atoms with E-state index in [1.807, 2.05) is 0 Å². The number of hydrazone groups is 1. The van der Waals surface area contributed by atoms with Gasteiger partial charge in [-0.1, -0.05) is 28.1 Å². The second-order valence-corrected chi connectivity index (χ2v) is 6.04. The number of carbonyl (C=O) groups excluding carboxylic acids is 2. The summed E-state index contributed by atoms with van der Waals surface area (Å²) in [5.74, 6) is -3.02. The lowest BCUT2D eigenvalue weighted by Gasteiger charge is -2.11. The molecule has 1 atom stereocenters. The number of rotatable bonds is 5. The zero-order valence-electron chi connectivity index (χ0n) is 13.2. The van der Waals surface area contributed by atoms with Crippen LogP contribution in [0.1, 0.15) is 12.5 Å². The van der Waals surface area contributed by atoms with Gasteiger partial charge in [0, 0.05) is 10.0 Å². The number of carbonyl (C=O) groups is 2. The average Bonchev–Trinajstić information content (AvgIpc) is 2.59. The number of para-hydroxylation sites is 1. The third-order valence-electron chi connectivity index (χ3n) is 3.29. The van der Waals surface area contributed by atoms with E-state index in [1.54, 1.807) is 18.2 Å². The van der Waals surface area contributed by atoms with Crippen LogP contribution in [-0.4, -0.2) is 23.1 Å². The van der Waals surface area contributed by atoms with Gasteiger partial charge in [0.15, 0.2) is 0 Å². The largest absolute Gasteiger partial charge is 0.507 e. The van der Waals surface area contributed by atoms with Gasteiger partial charge in [0.1, 0.15) is 17.5 Å². The monoisotopic (exact) mass is 407 g/mol. The number of nitrogens with one attached hydrogen (secondary N) is 2. The predicted octanol–water partition coefficient (Wildman–Crippen LogP) is 3.02. The van der Waals surface area contributed by atoms with Crippen LogP contribution in [0.2, 0.25) is 0 Å². The van der Waals surface area contributed by atoms with Crippen molar-refractivity contribution in [2.24, 2.45) is 11.0 Å². The molecular formula is C17H15BrFN3O3. The Morgan fingerprint density at radius 3 is 2.68 bits per heavy atom. The molecule has 25 heavy (non-hydrogen) atoms. The molecule has 0 heterocycles. The molecule has 0 spiro atoms. The van der Waals surface area contributed by atoms with Gasteiger partial charge in [-0.2, -0.15) is 5.10 Å². The van der Waals surface area contributed by atoms with Gasteiger partial charge < -0.3 is 10.4 Å². The Morgan fingerprint density at radius 1 is 1.24 bits per heavy atom. The highest BCUT2D eigenvalue weighted by Gasteiger charge is 2.22. The van der Waals surface area contributed by atoms with Crippen molar-refractivity contribution >= 4 is 39.6 Å². The van der Waals surface area contributed by atoms with Crippen molar-refractivity contribution in [2.45, 2.75) is 6.92 Å². The maximum absolute atomic E-state index is 13.5. The van der Waals surface area contributed by atoms with E-state index < -0.39 is 23.5 Å². The quantitative estimate of drug-likeness (QED) is 0.404. The lowest BCUT2D eigenvalue weighted by Crippen LogP contribution is -2.34. The summed E-state index contributed by atoms with van der Waals surface area (Å²) in [6.45, 7) is 1.37. The molecular weight excluding hydrogens is 393 g/mol. The maximum atomic E-state index is 13.5. The molecule has 1 unspecified atom stereocenters. The van der Waals surface area contributed by atoms with E-state index in [0.717, 1.165) is 4.47 Å². The van der Waals surface area contributed by atoms with Gasteiger partial charge in [-0.25, -0.2) is 9.82 Å². The second kappa shape index (κ2) is 8.39. The number of aromatic hydroxyl groups is 1. The van der Waals surface area contributed by atoms with Crippen molar-refractivity contribution in [1.29, 1.82) is 0 Å². The molecule has 2 rings (SSSR count). The molecule has 0 aliphatic heterocycles. The highest BCUT2D eigenvalue weighted by atomic mass is 79.9. The first-order valence-electron chi connectivity index (χ1n) is 7.25. The van der Waals surface area contributed by atoms with E-state index in [1.165, 1.54) is 37.4 Å². The Bertz CT molecular complexity index is 827. The molecule has 130 valence electrons. The minimum Gasteiger partial charge on any atom is -0.507 e. The minimum atomic E-state index is -1.09. The van der Waals surface area contributed by atoms with Crippen LogP contribution in [-0.2, 0) is 9.59 Å². The Hall–Kier alpha value is -2.74. The molecule has 0 saturated heterocycles. The Kier molecular flexibility index (Phi) is 6.24. The Balaban J connectivity index is 1.95. The lowest BCUT2D eigenvalue weighted by molar-refractivity contribution is -0.131. The van der Waals surface area contributed by atoms with Crippen LogP contribution in [0, 0.1) is 11.7 Å². The zero-order chi connectivity index (χ0) is 18.4. The topological polar surface area (TPSA) is 90.8 Å². The molecule has 0 aliphatic carbocycles. The van der Waals surface area contributed by atoms with Crippen LogP contribution in [0.4, 0.5) is 10.1 Å². The molecule has 0 fully saturated rings. The SMILES string of the molecule is CC(C(=O)N/N=C/c1cc(Br)ccc1O)C(=O)Nc1ccccc1F. The number of amides is 2. The van der Waals surface area contributed by atoms with E-state index in [9.17, 15) is 19.1 Å². The normalized spacial score (nSPS) is 12.0. The van der Waals surface area contributed by atoms with Gasteiger partial charge >= 0.3 is 0 Å². The summed E-state index contributed by atoms with van der Waals surface area (Å²) in [6.07, 6.45) is 1.25. The molecule has 0 saturated carbocycles. The van der Waals surface area contributed by atoms with Gasteiger partial charge in [0.05, 0.1) is 11.9 Å². The summed E-state index contributed by atoms with van der Waals surface area (Å²) >= 11 is 3.25. The van der Waals surface area contributed by atoms with E-state index in [2.05, 4.69) is 31.8 Å². The summed E-state index contributed by atoms with van der Waals surface area (Å²) < 4.78 is 14.2. The number of phenolic OH excluding ortho intramolecular Hbond substituents is 1. The highest BCUT2D eigenvalue weighted by Crippen LogP contribution is 2.20. The van der Waals surface area contributed by atoms with Gasteiger partial charge in [-0.15, -0.1) is 0 Å². The van der Waals surface area contributed by atoms with Gasteiger partial charge in [0.25, 0.3) is 5.91 Å². The molecule has 0 aliphatic rings. The summed E-state index contributed by atoms with van der Waals surface area (Å²) in [7, 11) is 0. The van der Waals surface area contributed by atoms with E-state index >= 15 is 0 Å². The maximum Gasteiger partial charge on any atom is 0.252 e. The standard InChI is InChI=1S/C17H15BrFN3O3/c1-10(16(24)21-14-5-3-2-4-13(14)19)17(25)22-20-9-11-8-12(18)6-7-15(11)23/h2-10,23H,1H3,(H,21,24)(H,22,25)/b20-9+. The van der Waals surface area contributed by atoms with Crippen LogP contribution in [0.5, 0.6) is 5.75 Å².